The maximum absolute atomic E-state index is 12.6. The predicted molar refractivity (Wildman–Crippen MR) is 130 cm³/mol. The van der Waals surface area contributed by atoms with Gasteiger partial charge in [-0.05, 0) is 72.7 Å². The number of thiophene rings is 1. The second kappa shape index (κ2) is 9.52. The van der Waals surface area contributed by atoms with Crippen molar-refractivity contribution < 1.29 is 13.2 Å². The van der Waals surface area contributed by atoms with E-state index in [0.29, 0.717) is 23.7 Å². The van der Waals surface area contributed by atoms with Crippen molar-refractivity contribution in [2.45, 2.75) is 17.6 Å². The van der Waals surface area contributed by atoms with E-state index in [9.17, 15) is 13.2 Å². The summed E-state index contributed by atoms with van der Waals surface area (Å²) in [6.07, 6.45) is 0.996. The molecule has 1 aliphatic heterocycles. The van der Waals surface area contributed by atoms with Crippen molar-refractivity contribution in [2.75, 3.05) is 29.3 Å². The number of hydrogen-bond acceptors (Lipinski definition) is 5. The number of nitrogens with zero attached hydrogens (tertiary/aromatic N) is 1. The topological polar surface area (TPSA) is 78.5 Å². The minimum absolute atomic E-state index is 0.171. The third-order valence-corrected chi connectivity index (χ3v) is 8.52. The third kappa shape index (κ3) is 5.26. The molecule has 2 N–H and O–H groups in total. The number of carbonyl (C=O) groups is 1. The smallest absolute Gasteiger partial charge is 0.271 e. The van der Waals surface area contributed by atoms with Gasteiger partial charge in [0.1, 0.15) is 4.21 Å². The van der Waals surface area contributed by atoms with Crippen molar-refractivity contribution in [3.05, 3.63) is 76.1 Å². The summed E-state index contributed by atoms with van der Waals surface area (Å²) in [5.41, 5.74) is 3.24. The molecule has 1 fully saturated rings. The van der Waals surface area contributed by atoms with Crippen LogP contribution in [0.2, 0.25) is 5.02 Å². The number of benzene rings is 2. The fraction of sp³-hybridized carbons (Fsp3) is 0.261. The fourth-order valence-electron chi connectivity index (χ4n) is 3.79. The number of hydrogen-bond donors (Lipinski definition) is 2. The summed E-state index contributed by atoms with van der Waals surface area (Å²) >= 11 is 7.30. The van der Waals surface area contributed by atoms with Gasteiger partial charge in [-0.15, -0.1) is 11.3 Å². The molecule has 2 heterocycles. The van der Waals surface area contributed by atoms with E-state index in [1.54, 1.807) is 41.8 Å². The molecule has 1 aliphatic rings. The molecule has 1 atom stereocenters. The molecule has 6 nitrogen and oxygen atoms in total. The van der Waals surface area contributed by atoms with Crippen molar-refractivity contribution in [3.8, 4) is 0 Å². The molecule has 1 amide bonds. The summed E-state index contributed by atoms with van der Waals surface area (Å²) in [5, 5.41) is 5.44. The monoisotopic (exact) mass is 489 g/mol. The molecule has 0 bridgehead atoms. The van der Waals surface area contributed by atoms with Gasteiger partial charge in [0, 0.05) is 41.6 Å². The highest BCUT2D eigenvalue weighted by Gasteiger charge is 2.24. The van der Waals surface area contributed by atoms with Crippen LogP contribution in [0, 0.1) is 12.8 Å². The quantitative estimate of drug-likeness (QED) is 0.501. The molecule has 0 radical (unpaired) electrons. The molecule has 0 saturated carbocycles. The van der Waals surface area contributed by atoms with Crippen molar-refractivity contribution in [3.63, 3.8) is 0 Å². The third-order valence-electron chi connectivity index (χ3n) is 5.51. The molecule has 0 spiro atoms. The lowest BCUT2D eigenvalue weighted by atomic mass is 10.1. The van der Waals surface area contributed by atoms with E-state index in [0.717, 1.165) is 41.6 Å². The number of carbonyl (C=O) groups excluding carboxylic acids is 1. The highest BCUT2D eigenvalue weighted by Crippen LogP contribution is 2.29. The number of amides is 1. The van der Waals surface area contributed by atoms with Gasteiger partial charge in [0.15, 0.2) is 0 Å². The maximum atomic E-state index is 12.6. The Morgan fingerprint density at radius 3 is 2.69 bits per heavy atom. The summed E-state index contributed by atoms with van der Waals surface area (Å²) in [5.74, 6) is 0.185. The Hall–Kier alpha value is -2.55. The first-order chi connectivity index (χ1) is 15.3. The molecule has 1 unspecified atom stereocenters. The summed E-state index contributed by atoms with van der Waals surface area (Å²) in [7, 11) is -3.60. The Labute approximate surface area is 197 Å². The normalized spacial score (nSPS) is 16.2. The zero-order valence-electron chi connectivity index (χ0n) is 17.5. The van der Waals surface area contributed by atoms with Gasteiger partial charge in [-0.25, -0.2) is 8.42 Å². The first kappa shape index (κ1) is 22.6. The fourth-order valence-corrected chi connectivity index (χ4v) is 6.01. The van der Waals surface area contributed by atoms with Gasteiger partial charge in [0.2, 0.25) is 0 Å². The second-order valence-corrected chi connectivity index (χ2v) is 11.1. The molecular weight excluding hydrogens is 466 g/mol. The second-order valence-electron chi connectivity index (χ2n) is 7.86. The summed E-state index contributed by atoms with van der Waals surface area (Å²) in [6.45, 7) is 4.46. The number of rotatable bonds is 7. The first-order valence-electron chi connectivity index (χ1n) is 10.3. The van der Waals surface area contributed by atoms with Gasteiger partial charge in [0.25, 0.3) is 15.9 Å². The Bertz CT molecular complexity index is 1200. The average Bonchev–Trinajstić information content (AvgIpc) is 3.47. The molecular formula is C23H24ClN3O3S2. The lowest BCUT2D eigenvalue weighted by Gasteiger charge is -2.21. The number of sulfonamides is 1. The van der Waals surface area contributed by atoms with Gasteiger partial charge in [-0.2, -0.15) is 0 Å². The van der Waals surface area contributed by atoms with Gasteiger partial charge >= 0.3 is 0 Å². The summed E-state index contributed by atoms with van der Waals surface area (Å²) in [4.78, 5) is 14.9. The van der Waals surface area contributed by atoms with Gasteiger partial charge in [0.05, 0.1) is 0 Å². The van der Waals surface area contributed by atoms with Crippen LogP contribution >= 0.6 is 22.9 Å². The number of aryl methyl sites for hydroxylation is 1. The lowest BCUT2D eigenvalue weighted by molar-refractivity contribution is 0.0948. The van der Waals surface area contributed by atoms with E-state index in [1.807, 2.05) is 18.2 Å². The van der Waals surface area contributed by atoms with E-state index >= 15 is 0 Å². The highest BCUT2D eigenvalue weighted by atomic mass is 35.5. The SMILES string of the molecule is Cc1ccc(Cl)cc1N1CCC(CNC(=O)c2ccc(NS(=O)(=O)c3cccs3)cc2)C1. The zero-order chi connectivity index (χ0) is 22.7. The van der Waals surface area contributed by atoms with Gasteiger partial charge in [-0.3, -0.25) is 9.52 Å². The Morgan fingerprint density at radius 2 is 1.97 bits per heavy atom. The van der Waals surface area contributed by atoms with Gasteiger partial charge in [-0.1, -0.05) is 23.7 Å². The summed E-state index contributed by atoms with van der Waals surface area (Å²) in [6, 6.07) is 15.6. The van der Waals surface area contributed by atoms with Crippen LogP contribution in [0.5, 0.6) is 0 Å². The van der Waals surface area contributed by atoms with Crippen LogP contribution in [-0.4, -0.2) is 34.0 Å². The molecule has 32 heavy (non-hydrogen) atoms. The molecule has 9 heteroatoms. The predicted octanol–water partition coefficient (Wildman–Crippen LogP) is 4.77. The highest BCUT2D eigenvalue weighted by molar-refractivity contribution is 7.94. The maximum Gasteiger partial charge on any atom is 0.271 e. The molecule has 1 aromatic heterocycles. The van der Waals surface area contributed by atoms with Crippen LogP contribution < -0.4 is 14.9 Å². The van der Waals surface area contributed by atoms with Crippen LogP contribution in [0.15, 0.2) is 64.2 Å². The summed E-state index contributed by atoms with van der Waals surface area (Å²) < 4.78 is 27.4. The van der Waals surface area contributed by atoms with E-state index in [-0.39, 0.29) is 10.1 Å². The minimum Gasteiger partial charge on any atom is -0.371 e. The standard InChI is InChI=1S/C23H24ClN3O3S2/c1-16-4-7-19(24)13-21(16)27-11-10-17(15-27)14-25-23(28)18-5-8-20(9-6-18)26-32(29,30)22-3-2-12-31-22/h2-9,12-13,17,26H,10-11,14-15H2,1H3,(H,25,28). The molecule has 2 aromatic carbocycles. The van der Waals surface area contributed by atoms with E-state index < -0.39 is 10.0 Å². The van der Waals surface area contributed by atoms with Crippen molar-refractivity contribution >= 4 is 50.2 Å². The molecule has 3 aromatic rings. The molecule has 1 saturated heterocycles. The first-order valence-corrected chi connectivity index (χ1v) is 13.0. The van der Waals surface area contributed by atoms with Crippen LogP contribution in [0.25, 0.3) is 0 Å². The molecule has 0 aliphatic carbocycles. The van der Waals surface area contributed by atoms with Crippen LogP contribution in [0.4, 0.5) is 11.4 Å². The van der Waals surface area contributed by atoms with Crippen molar-refractivity contribution in [1.82, 2.24) is 5.32 Å². The lowest BCUT2D eigenvalue weighted by Crippen LogP contribution is -2.31. The Balaban J connectivity index is 1.30. The van der Waals surface area contributed by atoms with E-state index in [4.69, 9.17) is 11.6 Å². The zero-order valence-corrected chi connectivity index (χ0v) is 19.9. The van der Waals surface area contributed by atoms with Gasteiger partial charge < -0.3 is 10.2 Å². The number of halogens is 1. The van der Waals surface area contributed by atoms with Crippen molar-refractivity contribution in [2.24, 2.45) is 5.92 Å². The van der Waals surface area contributed by atoms with Crippen molar-refractivity contribution in [1.29, 1.82) is 0 Å². The largest absolute Gasteiger partial charge is 0.371 e. The Morgan fingerprint density at radius 1 is 1.19 bits per heavy atom. The Kier molecular flexibility index (Phi) is 6.74. The number of nitrogens with one attached hydrogen (secondary N) is 2. The number of anilines is 2. The average molecular weight is 490 g/mol. The minimum atomic E-state index is -3.60. The van der Waals surface area contributed by atoms with Crippen LogP contribution in [-0.2, 0) is 10.0 Å². The van der Waals surface area contributed by atoms with E-state index in [2.05, 4.69) is 21.9 Å². The molecule has 168 valence electrons. The van der Waals surface area contributed by atoms with Crippen LogP contribution in [0.1, 0.15) is 22.3 Å². The molecule has 4 rings (SSSR count). The van der Waals surface area contributed by atoms with E-state index in [1.165, 1.54) is 5.56 Å². The van der Waals surface area contributed by atoms with Crippen LogP contribution in [0.3, 0.4) is 0 Å².